The van der Waals surface area contributed by atoms with E-state index in [-0.39, 0.29) is 29.9 Å². The highest BCUT2D eigenvalue weighted by Crippen LogP contribution is 1.99. The zero-order valence-electron chi connectivity index (χ0n) is 9.75. The Labute approximate surface area is 92.4 Å². The second-order valence-corrected chi connectivity index (χ2v) is 6.06. The summed E-state index contributed by atoms with van der Waals surface area (Å²) in [6, 6.07) is 0. The number of carbonyl (C=O) groups is 1. The molecule has 0 aromatic carbocycles. The topological polar surface area (TPSA) is 63.2 Å². The molecule has 1 unspecified atom stereocenters. The quantitative estimate of drug-likeness (QED) is 0.715. The zero-order valence-corrected chi connectivity index (χ0v) is 10.6. The van der Waals surface area contributed by atoms with Crippen molar-refractivity contribution < 1.29 is 13.2 Å². The summed E-state index contributed by atoms with van der Waals surface area (Å²) in [6.45, 7) is 5.81. The fourth-order valence-corrected chi connectivity index (χ4v) is 2.34. The third-order valence-electron chi connectivity index (χ3n) is 2.29. The molecule has 0 rings (SSSR count). The first-order chi connectivity index (χ1) is 6.93. The van der Waals surface area contributed by atoms with Gasteiger partial charge in [-0.2, -0.15) is 0 Å². The second kappa shape index (κ2) is 6.82. The molecule has 0 spiro atoms. The van der Waals surface area contributed by atoms with Crippen LogP contribution < -0.4 is 5.32 Å². The van der Waals surface area contributed by atoms with Crippen molar-refractivity contribution in [2.24, 2.45) is 5.92 Å². The summed E-state index contributed by atoms with van der Waals surface area (Å²) in [6.07, 6.45) is 1.40. The van der Waals surface area contributed by atoms with Crippen LogP contribution in [-0.2, 0) is 14.6 Å². The van der Waals surface area contributed by atoms with Gasteiger partial charge in [0.25, 0.3) is 0 Å². The van der Waals surface area contributed by atoms with E-state index in [1.165, 1.54) is 0 Å². The van der Waals surface area contributed by atoms with Gasteiger partial charge in [0.15, 0.2) is 9.84 Å². The fourth-order valence-electron chi connectivity index (χ4n) is 1.10. The first-order valence-electron chi connectivity index (χ1n) is 5.41. The smallest absolute Gasteiger partial charge is 0.222 e. The van der Waals surface area contributed by atoms with Crippen molar-refractivity contribution in [3.63, 3.8) is 0 Å². The molecular weight excluding hydrogens is 214 g/mol. The molecule has 0 radical (unpaired) electrons. The minimum absolute atomic E-state index is 0.0427. The Bertz CT molecular complexity index is 285. The molecule has 0 aromatic rings. The molecule has 0 fully saturated rings. The fraction of sp³-hybridized carbons (Fsp3) is 0.900. The molecule has 0 aromatic heterocycles. The Morgan fingerprint density at radius 2 is 1.87 bits per heavy atom. The molecule has 5 heteroatoms. The Morgan fingerprint density at radius 1 is 1.27 bits per heavy atom. The molecule has 1 amide bonds. The maximum atomic E-state index is 11.3. The monoisotopic (exact) mass is 235 g/mol. The Kier molecular flexibility index (Phi) is 6.56. The Morgan fingerprint density at radius 3 is 2.33 bits per heavy atom. The summed E-state index contributed by atoms with van der Waals surface area (Å²) in [7, 11) is -2.97. The van der Waals surface area contributed by atoms with Crippen LogP contribution in [0.15, 0.2) is 0 Å². The number of rotatable bonds is 7. The van der Waals surface area contributed by atoms with E-state index < -0.39 is 9.84 Å². The molecule has 0 aliphatic rings. The minimum Gasteiger partial charge on any atom is -0.355 e. The third-order valence-corrected chi connectivity index (χ3v) is 4.14. The molecule has 1 N–H and O–H groups in total. The van der Waals surface area contributed by atoms with E-state index in [1.807, 2.05) is 20.8 Å². The summed E-state index contributed by atoms with van der Waals surface area (Å²) in [5, 5.41) is 2.63. The minimum atomic E-state index is -2.97. The van der Waals surface area contributed by atoms with Crippen LogP contribution in [0.5, 0.6) is 0 Å². The lowest BCUT2D eigenvalue weighted by molar-refractivity contribution is -0.124. The highest BCUT2D eigenvalue weighted by Gasteiger charge is 2.12. The molecule has 0 saturated carbocycles. The van der Waals surface area contributed by atoms with E-state index in [0.29, 0.717) is 6.42 Å². The van der Waals surface area contributed by atoms with Crippen LogP contribution in [0.4, 0.5) is 0 Å². The number of amides is 1. The van der Waals surface area contributed by atoms with Gasteiger partial charge in [-0.25, -0.2) is 8.42 Å². The number of hydrogen-bond donors (Lipinski definition) is 1. The van der Waals surface area contributed by atoms with Crippen LogP contribution in [0.3, 0.4) is 0 Å². The van der Waals surface area contributed by atoms with Gasteiger partial charge in [0.1, 0.15) is 0 Å². The molecule has 0 saturated heterocycles. The van der Waals surface area contributed by atoms with Gasteiger partial charge in [0.2, 0.25) is 5.91 Å². The van der Waals surface area contributed by atoms with Crippen LogP contribution in [0, 0.1) is 5.92 Å². The van der Waals surface area contributed by atoms with Gasteiger partial charge in [-0.1, -0.05) is 20.8 Å². The van der Waals surface area contributed by atoms with E-state index in [2.05, 4.69) is 5.32 Å². The normalized spacial score (nSPS) is 13.5. The van der Waals surface area contributed by atoms with Crippen molar-refractivity contribution in [1.29, 1.82) is 0 Å². The lowest BCUT2D eigenvalue weighted by Crippen LogP contribution is -2.33. The van der Waals surface area contributed by atoms with E-state index in [0.717, 1.165) is 6.42 Å². The predicted octanol–water partition coefficient (Wildman–Crippen LogP) is 0.973. The van der Waals surface area contributed by atoms with Gasteiger partial charge in [-0.15, -0.1) is 0 Å². The summed E-state index contributed by atoms with van der Waals surface area (Å²) in [5.41, 5.74) is 0. The van der Waals surface area contributed by atoms with Crippen molar-refractivity contribution in [2.45, 2.75) is 33.6 Å². The van der Waals surface area contributed by atoms with Crippen molar-refractivity contribution in [1.82, 2.24) is 5.32 Å². The van der Waals surface area contributed by atoms with E-state index in [4.69, 9.17) is 0 Å². The summed E-state index contributed by atoms with van der Waals surface area (Å²) < 4.78 is 22.6. The first kappa shape index (κ1) is 14.4. The van der Waals surface area contributed by atoms with Gasteiger partial charge >= 0.3 is 0 Å². The molecule has 1 atom stereocenters. The van der Waals surface area contributed by atoms with E-state index in [1.54, 1.807) is 0 Å². The molecule has 15 heavy (non-hydrogen) atoms. The number of sulfone groups is 1. The standard InChI is InChI=1S/C10H21NO3S/c1-4-7-15(13,14)8-6-11-10(12)9(3)5-2/h9H,4-8H2,1-3H3,(H,11,12). The lowest BCUT2D eigenvalue weighted by atomic mass is 10.1. The number of nitrogens with one attached hydrogen (secondary N) is 1. The van der Waals surface area contributed by atoms with Gasteiger partial charge in [-0.3, -0.25) is 4.79 Å². The van der Waals surface area contributed by atoms with Crippen molar-refractivity contribution >= 4 is 15.7 Å². The van der Waals surface area contributed by atoms with Crippen molar-refractivity contribution in [3.8, 4) is 0 Å². The first-order valence-corrected chi connectivity index (χ1v) is 7.23. The highest BCUT2D eigenvalue weighted by molar-refractivity contribution is 7.91. The molecule has 0 bridgehead atoms. The average molecular weight is 235 g/mol. The Balaban J connectivity index is 3.85. The van der Waals surface area contributed by atoms with Gasteiger partial charge in [-0.05, 0) is 12.8 Å². The van der Waals surface area contributed by atoms with Crippen LogP contribution in [0.2, 0.25) is 0 Å². The maximum Gasteiger partial charge on any atom is 0.222 e. The van der Waals surface area contributed by atoms with E-state index in [9.17, 15) is 13.2 Å². The number of hydrogen-bond acceptors (Lipinski definition) is 3. The van der Waals surface area contributed by atoms with Crippen LogP contribution in [0.25, 0.3) is 0 Å². The summed E-state index contributed by atoms with van der Waals surface area (Å²) in [5.74, 6) is 0.137. The SMILES string of the molecule is CCCS(=O)(=O)CCNC(=O)C(C)CC. The summed E-state index contributed by atoms with van der Waals surface area (Å²) >= 11 is 0. The largest absolute Gasteiger partial charge is 0.355 e. The van der Waals surface area contributed by atoms with Gasteiger partial charge in [0.05, 0.1) is 5.75 Å². The molecular formula is C10H21NO3S. The second-order valence-electron chi connectivity index (χ2n) is 3.75. The molecule has 4 nitrogen and oxygen atoms in total. The van der Waals surface area contributed by atoms with Crippen LogP contribution in [-0.4, -0.2) is 32.4 Å². The van der Waals surface area contributed by atoms with Gasteiger partial charge < -0.3 is 5.32 Å². The highest BCUT2D eigenvalue weighted by atomic mass is 32.2. The van der Waals surface area contributed by atoms with E-state index >= 15 is 0 Å². The zero-order chi connectivity index (χ0) is 11.9. The molecule has 0 heterocycles. The maximum absolute atomic E-state index is 11.3. The molecule has 0 aliphatic carbocycles. The average Bonchev–Trinajstić information content (AvgIpc) is 2.15. The van der Waals surface area contributed by atoms with Gasteiger partial charge in [0, 0.05) is 18.2 Å². The van der Waals surface area contributed by atoms with Crippen LogP contribution >= 0.6 is 0 Å². The summed E-state index contributed by atoms with van der Waals surface area (Å²) in [4.78, 5) is 11.3. The Hall–Kier alpha value is -0.580. The predicted molar refractivity (Wildman–Crippen MR) is 61.4 cm³/mol. The molecule has 90 valence electrons. The van der Waals surface area contributed by atoms with Crippen molar-refractivity contribution in [2.75, 3.05) is 18.1 Å². The number of carbonyl (C=O) groups excluding carboxylic acids is 1. The molecule has 0 aliphatic heterocycles. The van der Waals surface area contributed by atoms with Crippen molar-refractivity contribution in [3.05, 3.63) is 0 Å². The lowest BCUT2D eigenvalue weighted by Gasteiger charge is -2.09. The third kappa shape index (κ3) is 6.49. The van der Waals surface area contributed by atoms with Crippen LogP contribution in [0.1, 0.15) is 33.6 Å².